The number of amidine groups is 1. The molecule has 4 rings (SSSR count). The Balaban J connectivity index is 1.55. The third-order valence-corrected chi connectivity index (χ3v) is 6.59. The summed E-state index contributed by atoms with van der Waals surface area (Å²) >= 11 is 1.37. The van der Waals surface area contributed by atoms with Gasteiger partial charge in [0.15, 0.2) is 16.7 Å². The van der Waals surface area contributed by atoms with Crippen LogP contribution in [0.25, 0.3) is 6.08 Å². The summed E-state index contributed by atoms with van der Waals surface area (Å²) in [6.07, 6.45) is 2.71. The van der Waals surface area contributed by atoms with Crippen LogP contribution in [0.1, 0.15) is 30.5 Å². The van der Waals surface area contributed by atoms with E-state index in [0.717, 1.165) is 28.8 Å². The van der Waals surface area contributed by atoms with E-state index in [1.165, 1.54) is 23.9 Å². The van der Waals surface area contributed by atoms with E-state index >= 15 is 0 Å². The SMILES string of the molecule is CCc1ccccc1N=C1S/C(=C/c2ccc(OCc3ccc(F)cc3)c(OC)c2)C(=O)N1CC. The third kappa shape index (κ3) is 5.74. The van der Waals surface area contributed by atoms with Crippen molar-refractivity contribution in [2.45, 2.75) is 26.9 Å². The van der Waals surface area contributed by atoms with E-state index < -0.39 is 0 Å². The third-order valence-electron chi connectivity index (χ3n) is 5.59. The second-order valence-electron chi connectivity index (χ2n) is 7.86. The number of carbonyl (C=O) groups is 1. The van der Waals surface area contributed by atoms with Gasteiger partial charge < -0.3 is 9.47 Å². The van der Waals surface area contributed by atoms with Gasteiger partial charge in [-0.2, -0.15) is 0 Å². The lowest BCUT2D eigenvalue weighted by molar-refractivity contribution is -0.122. The largest absolute Gasteiger partial charge is 0.493 e. The van der Waals surface area contributed by atoms with Crippen molar-refractivity contribution >= 4 is 34.6 Å². The number of amides is 1. The summed E-state index contributed by atoms with van der Waals surface area (Å²) in [5, 5.41) is 0.677. The zero-order valence-electron chi connectivity index (χ0n) is 20.0. The lowest BCUT2D eigenvalue weighted by atomic mass is 10.1. The van der Waals surface area contributed by atoms with Crippen LogP contribution in [-0.2, 0) is 17.8 Å². The molecule has 1 fully saturated rings. The van der Waals surface area contributed by atoms with Crippen LogP contribution in [0, 0.1) is 5.82 Å². The molecule has 1 heterocycles. The number of para-hydroxylation sites is 1. The summed E-state index contributed by atoms with van der Waals surface area (Å²) in [5.74, 6) is 0.765. The van der Waals surface area contributed by atoms with Gasteiger partial charge in [-0.25, -0.2) is 9.38 Å². The van der Waals surface area contributed by atoms with Gasteiger partial charge in [-0.1, -0.05) is 43.3 Å². The predicted octanol–water partition coefficient (Wildman–Crippen LogP) is 6.60. The molecular weight excluding hydrogens is 463 g/mol. The van der Waals surface area contributed by atoms with Crippen LogP contribution in [-0.4, -0.2) is 29.6 Å². The molecule has 0 radical (unpaired) electrons. The van der Waals surface area contributed by atoms with E-state index in [1.54, 1.807) is 24.1 Å². The van der Waals surface area contributed by atoms with Gasteiger partial charge in [0.2, 0.25) is 0 Å². The molecule has 3 aromatic rings. The number of hydrogen-bond acceptors (Lipinski definition) is 5. The summed E-state index contributed by atoms with van der Waals surface area (Å²) in [4.78, 5) is 20.2. The van der Waals surface area contributed by atoms with Crippen molar-refractivity contribution in [1.29, 1.82) is 0 Å². The Hall–Kier alpha value is -3.58. The van der Waals surface area contributed by atoms with Crippen LogP contribution in [0.15, 0.2) is 76.6 Å². The van der Waals surface area contributed by atoms with E-state index in [-0.39, 0.29) is 18.3 Å². The number of carbonyl (C=O) groups excluding carboxylic acids is 1. The zero-order valence-corrected chi connectivity index (χ0v) is 20.8. The first kappa shape index (κ1) is 24.5. The predicted molar refractivity (Wildman–Crippen MR) is 140 cm³/mol. The number of rotatable bonds is 8. The lowest BCUT2D eigenvalue weighted by Crippen LogP contribution is -2.28. The summed E-state index contributed by atoms with van der Waals surface area (Å²) < 4.78 is 24.5. The van der Waals surface area contributed by atoms with E-state index in [1.807, 2.05) is 49.4 Å². The van der Waals surface area contributed by atoms with E-state index in [9.17, 15) is 9.18 Å². The van der Waals surface area contributed by atoms with Crippen molar-refractivity contribution in [3.63, 3.8) is 0 Å². The molecule has 1 aliphatic rings. The molecule has 1 saturated heterocycles. The number of ether oxygens (including phenoxy) is 2. The minimum Gasteiger partial charge on any atom is -0.493 e. The van der Waals surface area contributed by atoms with Gasteiger partial charge in [-0.15, -0.1) is 0 Å². The molecule has 0 aromatic heterocycles. The second kappa shape index (κ2) is 11.2. The quantitative estimate of drug-likeness (QED) is 0.334. The maximum absolute atomic E-state index is 13.1. The highest BCUT2D eigenvalue weighted by molar-refractivity contribution is 8.18. The number of hydrogen-bond donors (Lipinski definition) is 0. The fourth-order valence-corrected chi connectivity index (χ4v) is 4.73. The number of methoxy groups -OCH3 is 1. The van der Waals surface area contributed by atoms with Crippen molar-refractivity contribution in [2.24, 2.45) is 4.99 Å². The van der Waals surface area contributed by atoms with Crippen molar-refractivity contribution in [1.82, 2.24) is 4.90 Å². The number of thioether (sulfide) groups is 1. The zero-order chi connectivity index (χ0) is 24.8. The Kier molecular flexibility index (Phi) is 7.87. The van der Waals surface area contributed by atoms with Crippen LogP contribution >= 0.6 is 11.8 Å². The first-order chi connectivity index (χ1) is 17.0. The van der Waals surface area contributed by atoms with Crippen LogP contribution in [0.5, 0.6) is 11.5 Å². The monoisotopic (exact) mass is 490 g/mol. The molecule has 0 N–H and O–H groups in total. The Labute approximate surface area is 209 Å². The highest BCUT2D eigenvalue weighted by atomic mass is 32.2. The average Bonchev–Trinajstić information content (AvgIpc) is 3.17. The molecule has 0 spiro atoms. The maximum Gasteiger partial charge on any atom is 0.266 e. The van der Waals surface area contributed by atoms with Crippen LogP contribution in [0.3, 0.4) is 0 Å². The van der Waals surface area contributed by atoms with Crippen LogP contribution in [0.4, 0.5) is 10.1 Å². The second-order valence-corrected chi connectivity index (χ2v) is 8.87. The number of halogens is 1. The topological polar surface area (TPSA) is 51.1 Å². The van der Waals surface area contributed by atoms with Crippen molar-refractivity contribution < 1.29 is 18.7 Å². The standard InChI is InChI=1S/C28H27FN2O3S/c1-4-21-8-6-7-9-23(21)30-28-31(5-2)27(32)26(35-28)17-20-12-15-24(25(16-20)33-3)34-18-19-10-13-22(29)14-11-19/h6-17H,4-5,18H2,1-3H3/b26-17+,30-28?. The van der Waals surface area contributed by atoms with Crippen LogP contribution in [0.2, 0.25) is 0 Å². The number of aryl methyl sites for hydroxylation is 1. The number of likely N-dealkylation sites (N-methyl/N-ethyl adjacent to an activating group) is 1. The molecule has 0 atom stereocenters. The van der Waals surface area contributed by atoms with Gasteiger partial charge in [0.05, 0.1) is 17.7 Å². The maximum atomic E-state index is 13.1. The van der Waals surface area contributed by atoms with Gasteiger partial charge in [0.25, 0.3) is 5.91 Å². The van der Waals surface area contributed by atoms with E-state index in [0.29, 0.717) is 28.1 Å². The lowest BCUT2D eigenvalue weighted by Gasteiger charge is -2.13. The molecule has 1 aliphatic heterocycles. The van der Waals surface area contributed by atoms with Crippen LogP contribution < -0.4 is 9.47 Å². The Morgan fingerprint density at radius 1 is 1.03 bits per heavy atom. The summed E-state index contributed by atoms with van der Waals surface area (Å²) in [6, 6.07) is 19.7. The Morgan fingerprint density at radius 3 is 2.51 bits per heavy atom. The summed E-state index contributed by atoms with van der Waals surface area (Å²) in [7, 11) is 1.57. The van der Waals surface area contributed by atoms with Gasteiger partial charge in [0.1, 0.15) is 12.4 Å². The van der Waals surface area contributed by atoms with E-state index in [2.05, 4.69) is 13.0 Å². The Morgan fingerprint density at radius 2 is 1.80 bits per heavy atom. The number of nitrogens with zero attached hydrogens (tertiary/aromatic N) is 2. The minimum absolute atomic E-state index is 0.0687. The highest BCUT2D eigenvalue weighted by Crippen LogP contribution is 2.36. The highest BCUT2D eigenvalue weighted by Gasteiger charge is 2.32. The van der Waals surface area contributed by atoms with Gasteiger partial charge >= 0.3 is 0 Å². The first-order valence-corrected chi connectivity index (χ1v) is 12.3. The molecule has 180 valence electrons. The molecule has 7 heteroatoms. The fourth-order valence-electron chi connectivity index (χ4n) is 3.68. The van der Waals surface area contributed by atoms with Crippen molar-refractivity contribution in [3.8, 4) is 11.5 Å². The molecule has 1 amide bonds. The van der Waals surface area contributed by atoms with Crippen molar-refractivity contribution in [2.75, 3.05) is 13.7 Å². The summed E-state index contributed by atoms with van der Waals surface area (Å²) in [5.41, 5.74) is 3.69. The molecule has 0 saturated carbocycles. The van der Waals surface area contributed by atoms with E-state index in [4.69, 9.17) is 14.5 Å². The van der Waals surface area contributed by atoms with Gasteiger partial charge in [-0.3, -0.25) is 9.69 Å². The normalized spacial score (nSPS) is 15.8. The molecular formula is C28H27FN2O3S. The fraction of sp³-hybridized carbons (Fsp3) is 0.214. The first-order valence-electron chi connectivity index (χ1n) is 11.5. The van der Waals surface area contributed by atoms with Gasteiger partial charge in [0, 0.05) is 6.54 Å². The van der Waals surface area contributed by atoms with Crippen molar-refractivity contribution in [3.05, 3.63) is 94.1 Å². The molecule has 3 aromatic carbocycles. The Bertz CT molecular complexity index is 1270. The molecule has 35 heavy (non-hydrogen) atoms. The number of aliphatic imine (C=N–C) groups is 1. The summed E-state index contributed by atoms with van der Waals surface area (Å²) in [6.45, 7) is 4.86. The minimum atomic E-state index is -0.285. The smallest absolute Gasteiger partial charge is 0.266 e. The molecule has 0 aliphatic carbocycles. The molecule has 5 nitrogen and oxygen atoms in total. The molecule has 0 unspecified atom stereocenters. The number of benzene rings is 3. The van der Waals surface area contributed by atoms with Gasteiger partial charge in [-0.05, 0) is 78.2 Å². The molecule has 0 bridgehead atoms. The average molecular weight is 491 g/mol.